The van der Waals surface area contributed by atoms with Crippen molar-refractivity contribution in [1.29, 1.82) is 0 Å². The Balaban J connectivity index is 1.69. The van der Waals surface area contributed by atoms with Crippen molar-refractivity contribution in [3.05, 3.63) is 23.5 Å². The van der Waals surface area contributed by atoms with E-state index in [1.807, 2.05) is 11.0 Å². The fourth-order valence-electron chi connectivity index (χ4n) is 3.27. The van der Waals surface area contributed by atoms with Crippen molar-refractivity contribution in [2.45, 2.75) is 44.1 Å². The molecule has 1 aromatic heterocycles. The van der Waals surface area contributed by atoms with Gasteiger partial charge >= 0.3 is 10.2 Å². The van der Waals surface area contributed by atoms with E-state index < -0.39 is 15.7 Å². The summed E-state index contributed by atoms with van der Waals surface area (Å²) in [5.41, 5.74) is 7.01. The molecule has 1 aromatic rings. The Labute approximate surface area is 130 Å². The number of piperidine rings is 1. The maximum atomic E-state index is 12.2. The average molecular weight is 326 g/mol. The number of rotatable bonds is 3. The Morgan fingerprint density at radius 1 is 1.32 bits per heavy atom. The van der Waals surface area contributed by atoms with Crippen LogP contribution in [0.2, 0.25) is 0 Å². The van der Waals surface area contributed by atoms with Crippen LogP contribution in [0, 0.1) is 6.92 Å². The van der Waals surface area contributed by atoms with Gasteiger partial charge in [-0.1, -0.05) is 0 Å². The molecule has 0 radical (unpaired) electrons. The summed E-state index contributed by atoms with van der Waals surface area (Å²) in [6.45, 7) is 3.10. The zero-order valence-electron chi connectivity index (χ0n) is 12.7. The van der Waals surface area contributed by atoms with Gasteiger partial charge < -0.3 is 10.6 Å². The number of aromatic nitrogens is 1. The van der Waals surface area contributed by atoms with Gasteiger partial charge in [0.05, 0.1) is 5.54 Å². The van der Waals surface area contributed by atoms with E-state index in [1.54, 1.807) is 6.92 Å². The molecule has 2 heterocycles. The molecule has 4 N–H and O–H groups in total. The van der Waals surface area contributed by atoms with E-state index in [0.717, 1.165) is 35.2 Å². The highest BCUT2D eigenvalue weighted by Crippen LogP contribution is 2.37. The molecule has 0 unspecified atom stereocenters. The number of nitrogens with two attached hydrogens (primary N) is 2. The fourth-order valence-corrected chi connectivity index (χ4v) is 3.99. The summed E-state index contributed by atoms with van der Waals surface area (Å²) in [5, 5.41) is 5.19. The Hall–Kier alpha value is -1.38. The molecule has 8 heteroatoms. The molecule has 2 aliphatic rings. The fraction of sp³-hybridized carbons (Fsp3) is 0.643. The van der Waals surface area contributed by atoms with Crippen LogP contribution in [0.5, 0.6) is 0 Å². The van der Waals surface area contributed by atoms with E-state index >= 15 is 0 Å². The smallest absolute Gasteiger partial charge is 0.302 e. The van der Waals surface area contributed by atoms with Crippen LogP contribution < -0.4 is 10.9 Å². The number of carbonyl (C=O) groups excluding carboxylic acids is 1. The lowest BCUT2D eigenvalue weighted by Crippen LogP contribution is -2.48. The number of amides is 1. The lowest BCUT2D eigenvalue weighted by Gasteiger charge is -2.33. The second-order valence-corrected chi connectivity index (χ2v) is 7.84. The minimum Gasteiger partial charge on any atom is -0.341 e. The molecule has 3 rings (SSSR count). The first-order valence-corrected chi connectivity index (χ1v) is 9.02. The maximum absolute atomic E-state index is 12.2. The van der Waals surface area contributed by atoms with Gasteiger partial charge in [-0.25, -0.2) is 9.11 Å². The van der Waals surface area contributed by atoms with Crippen molar-refractivity contribution in [3.8, 4) is 0 Å². The molecule has 122 valence electrons. The molecule has 1 saturated heterocycles. The first-order chi connectivity index (χ1) is 10.2. The van der Waals surface area contributed by atoms with Crippen LogP contribution in [0.25, 0.3) is 0 Å². The van der Waals surface area contributed by atoms with Gasteiger partial charge in [0.1, 0.15) is 0 Å². The number of carbonyl (C=O) groups is 1. The van der Waals surface area contributed by atoms with Gasteiger partial charge in [0.25, 0.3) is 0 Å². The second kappa shape index (κ2) is 5.07. The van der Waals surface area contributed by atoms with Gasteiger partial charge in [0.2, 0.25) is 5.91 Å². The van der Waals surface area contributed by atoms with Crippen LogP contribution in [0.4, 0.5) is 0 Å². The minimum absolute atomic E-state index is 0.0600. The van der Waals surface area contributed by atoms with Crippen molar-refractivity contribution in [3.63, 3.8) is 0 Å². The molecule has 0 spiro atoms. The second-order valence-electron chi connectivity index (χ2n) is 6.42. The predicted octanol–water partition coefficient (Wildman–Crippen LogP) is 0.0454. The van der Waals surface area contributed by atoms with Crippen molar-refractivity contribution in [1.82, 2.24) is 8.87 Å². The third-order valence-corrected chi connectivity index (χ3v) is 5.79. The van der Waals surface area contributed by atoms with E-state index in [9.17, 15) is 13.2 Å². The molecule has 1 saturated carbocycles. The SMILES string of the molecule is Cc1c(C2CCN(C(=O)C3(N)CC3)CC2)ccn1S(N)(=O)=O. The molecule has 2 fully saturated rings. The Morgan fingerprint density at radius 3 is 2.36 bits per heavy atom. The molecule has 0 aromatic carbocycles. The highest BCUT2D eigenvalue weighted by Gasteiger charge is 2.48. The molecule has 0 atom stereocenters. The van der Waals surface area contributed by atoms with Gasteiger partial charge in [-0.15, -0.1) is 0 Å². The highest BCUT2D eigenvalue weighted by molar-refractivity contribution is 7.87. The van der Waals surface area contributed by atoms with Gasteiger partial charge in [-0.3, -0.25) is 4.79 Å². The van der Waals surface area contributed by atoms with E-state index in [0.29, 0.717) is 18.8 Å². The molecule has 0 bridgehead atoms. The molecular weight excluding hydrogens is 304 g/mol. The van der Waals surface area contributed by atoms with Crippen LogP contribution in [0.15, 0.2) is 12.3 Å². The van der Waals surface area contributed by atoms with E-state index in [1.165, 1.54) is 6.20 Å². The van der Waals surface area contributed by atoms with Gasteiger partial charge in [0.15, 0.2) is 0 Å². The average Bonchev–Trinajstić information content (AvgIpc) is 3.08. The highest BCUT2D eigenvalue weighted by atomic mass is 32.2. The molecule has 7 nitrogen and oxygen atoms in total. The third-order valence-electron chi connectivity index (χ3n) is 4.85. The maximum Gasteiger partial charge on any atom is 0.302 e. The van der Waals surface area contributed by atoms with Crippen molar-refractivity contribution >= 4 is 16.1 Å². The quantitative estimate of drug-likeness (QED) is 0.817. The van der Waals surface area contributed by atoms with Gasteiger partial charge in [-0.2, -0.15) is 8.42 Å². The molecule has 1 aliphatic carbocycles. The number of likely N-dealkylation sites (tertiary alicyclic amines) is 1. The van der Waals surface area contributed by atoms with Crippen LogP contribution >= 0.6 is 0 Å². The van der Waals surface area contributed by atoms with Gasteiger partial charge in [-0.05, 0) is 50.2 Å². The monoisotopic (exact) mass is 326 g/mol. The number of hydrogen-bond acceptors (Lipinski definition) is 4. The summed E-state index contributed by atoms with van der Waals surface area (Å²) >= 11 is 0. The number of nitrogens with zero attached hydrogens (tertiary/aromatic N) is 2. The van der Waals surface area contributed by atoms with Gasteiger partial charge in [0, 0.05) is 25.0 Å². The van der Waals surface area contributed by atoms with Crippen molar-refractivity contribution in [2.75, 3.05) is 13.1 Å². The Kier molecular flexibility index (Phi) is 3.58. The summed E-state index contributed by atoms with van der Waals surface area (Å²) in [7, 11) is -3.75. The topological polar surface area (TPSA) is 111 Å². The lowest BCUT2D eigenvalue weighted by atomic mass is 9.89. The van der Waals surface area contributed by atoms with Crippen LogP contribution in [-0.2, 0) is 15.0 Å². The first-order valence-electron chi connectivity index (χ1n) is 7.52. The molecule has 1 aliphatic heterocycles. The summed E-state index contributed by atoms with van der Waals surface area (Å²) in [6, 6.07) is 1.81. The normalized spacial score (nSPS) is 21.9. The van der Waals surface area contributed by atoms with Crippen LogP contribution in [0.3, 0.4) is 0 Å². The summed E-state index contributed by atoms with van der Waals surface area (Å²) in [6.07, 6.45) is 4.69. The molecule has 1 amide bonds. The zero-order chi connectivity index (χ0) is 16.1. The van der Waals surface area contributed by atoms with E-state index in [2.05, 4.69) is 0 Å². The summed E-state index contributed by atoms with van der Waals surface area (Å²) in [5.74, 6) is 0.310. The largest absolute Gasteiger partial charge is 0.341 e. The molecule has 22 heavy (non-hydrogen) atoms. The van der Waals surface area contributed by atoms with E-state index in [-0.39, 0.29) is 11.8 Å². The summed E-state index contributed by atoms with van der Waals surface area (Å²) < 4.78 is 24.1. The Morgan fingerprint density at radius 2 is 1.91 bits per heavy atom. The van der Waals surface area contributed by atoms with Crippen molar-refractivity contribution in [2.24, 2.45) is 10.9 Å². The Bertz CT molecular complexity index is 698. The van der Waals surface area contributed by atoms with Crippen LogP contribution in [0.1, 0.15) is 42.9 Å². The lowest BCUT2D eigenvalue weighted by molar-refractivity contribution is -0.134. The third kappa shape index (κ3) is 2.66. The van der Waals surface area contributed by atoms with E-state index in [4.69, 9.17) is 10.9 Å². The summed E-state index contributed by atoms with van der Waals surface area (Å²) in [4.78, 5) is 14.1. The first kappa shape index (κ1) is 15.5. The number of hydrogen-bond donors (Lipinski definition) is 2. The van der Waals surface area contributed by atoms with Crippen molar-refractivity contribution < 1.29 is 13.2 Å². The predicted molar refractivity (Wildman–Crippen MR) is 82.4 cm³/mol. The molecular formula is C14H22N4O3S. The minimum atomic E-state index is -3.75. The standard InChI is InChI=1S/C14H22N4O3S/c1-10-12(4-9-18(10)22(16,20)21)11-2-7-17(8-3-11)13(19)14(15)5-6-14/h4,9,11H,2-3,5-8,15H2,1H3,(H2,16,20,21). The van der Waals surface area contributed by atoms with Crippen LogP contribution in [-0.4, -0.2) is 41.8 Å². The zero-order valence-corrected chi connectivity index (χ0v) is 13.5.